The number of anilines is 1. The van der Waals surface area contributed by atoms with Crippen molar-refractivity contribution in [2.75, 3.05) is 31.6 Å². The Hall–Kier alpha value is -2.41. The summed E-state index contributed by atoms with van der Waals surface area (Å²) in [6.07, 6.45) is 6.57. The van der Waals surface area contributed by atoms with Crippen LogP contribution in [0.5, 0.6) is 0 Å². The van der Waals surface area contributed by atoms with Crippen LogP contribution in [0.15, 0.2) is 30.7 Å². The van der Waals surface area contributed by atoms with Gasteiger partial charge in [-0.2, -0.15) is 0 Å². The summed E-state index contributed by atoms with van der Waals surface area (Å²) in [5.41, 5.74) is 0.657. The topological polar surface area (TPSA) is 57.5 Å². The van der Waals surface area contributed by atoms with Gasteiger partial charge < -0.3 is 14.4 Å². The predicted molar refractivity (Wildman–Crippen MR) is 116 cm³/mol. The number of nitrogens with zero attached hydrogens (tertiary/aromatic N) is 6. The lowest BCUT2D eigenvalue weighted by molar-refractivity contribution is 0.0371. The van der Waals surface area contributed by atoms with Gasteiger partial charge in [0.05, 0.1) is 12.1 Å². The number of hydrogen-bond acceptors (Lipinski definition) is 5. The van der Waals surface area contributed by atoms with Gasteiger partial charge in [0.2, 0.25) is 0 Å². The second-order valence-electron chi connectivity index (χ2n) is 8.04. The van der Waals surface area contributed by atoms with E-state index in [2.05, 4.69) is 52.0 Å². The number of hydrogen-bond donors (Lipinski definition) is 0. The van der Waals surface area contributed by atoms with Crippen molar-refractivity contribution in [3.63, 3.8) is 0 Å². The molecule has 1 amide bonds. The number of carbonyl (C=O) groups is 1. The Balaban J connectivity index is 1.64. The molecule has 0 radical (unpaired) electrons. The highest BCUT2D eigenvalue weighted by atomic mass is 16.2. The van der Waals surface area contributed by atoms with Gasteiger partial charge in [-0.25, -0.2) is 9.97 Å². The van der Waals surface area contributed by atoms with Crippen LogP contribution in [-0.4, -0.2) is 69.0 Å². The predicted octanol–water partition coefficient (Wildman–Crippen LogP) is 2.88. The highest BCUT2D eigenvalue weighted by Crippen LogP contribution is 2.19. The summed E-state index contributed by atoms with van der Waals surface area (Å²) in [5, 5.41) is 0. The van der Waals surface area contributed by atoms with Gasteiger partial charge in [0, 0.05) is 63.9 Å². The Labute approximate surface area is 174 Å². The van der Waals surface area contributed by atoms with Crippen LogP contribution in [0.4, 0.5) is 5.82 Å². The van der Waals surface area contributed by atoms with Crippen LogP contribution in [0, 0.1) is 0 Å². The lowest BCUT2D eigenvalue weighted by Crippen LogP contribution is -2.56. The van der Waals surface area contributed by atoms with E-state index in [4.69, 9.17) is 0 Å². The molecule has 0 spiro atoms. The summed E-state index contributed by atoms with van der Waals surface area (Å²) >= 11 is 0. The highest BCUT2D eigenvalue weighted by molar-refractivity contribution is 5.94. The second kappa shape index (κ2) is 9.39. The standard InChI is InChI=1S/C22H34N6O/c1-6-19-15-27(12-13-28(19)17(3)4)22(29)18-8-9-20(24-14-18)25(5)16-21-23-10-11-26(21)7-2/h8-11,14,17,19H,6-7,12-13,15-16H2,1-5H3. The summed E-state index contributed by atoms with van der Waals surface area (Å²) < 4.78 is 2.12. The molecule has 29 heavy (non-hydrogen) atoms. The Morgan fingerprint density at radius 2 is 2.03 bits per heavy atom. The molecular weight excluding hydrogens is 364 g/mol. The first kappa shape index (κ1) is 21.3. The van der Waals surface area contributed by atoms with Crippen molar-refractivity contribution < 1.29 is 4.79 Å². The molecule has 0 aliphatic carbocycles. The van der Waals surface area contributed by atoms with Crippen LogP contribution < -0.4 is 4.90 Å². The fourth-order valence-electron chi connectivity index (χ4n) is 4.09. The molecule has 0 bridgehead atoms. The quantitative estimate of drug-likeness (QED) is 0.718. The maximum Gasteiger partial charge on any atom is 0.255 e. The van der Waals surface area contributed by atoms with Crippen molar-refractivity contribution in [3.05, 3.63) is 42.1 Å². The summed E-state index contributed by atoms with van der Waals surface area (Å²) in [6.45, 7) is 12.8. The molecule has 0 aromatic carbocycles. The van der Waals surface area contributed by atoms with E-state index in [-0.39, 0.29) is 5.91 Å². The number of amides is 1. The number of piperazine rings is 1. The smallest absolute Gasteiger partial charge is 0.255 e. The van der Waals surface area contributed by atoms with Crippen molar-refractivity contribution in [2.45, 2.75) is 59.3 Å². The molecule has 3 rings (SSSR count). The lowest BCUT2D eigenvalue weighted by Gasteiger charge is -2.43. The van der Waals surface area contributed by atoms with E-state index in [1.54, 1.807) is 6.20 Å². The van der Waals surface area contributed by atoms with Gasteiger partial charge in [0.15, 0.2) is 0 Å². The minimum Gasteiger partial charge on any atom is -0.352 e. The van der Waals surface area contributed by atoms with Gasteiger partial charge in [-0.15, -0.1) is 0 Å². The molecule has 1 aliphatic rings. The van der Waals surface area contributed by atoms with Crippen LogP contribution in [0.25, 0.3) is 0 Å². The molecule has 2 aromatic heterocycles. The van der Waals surface area contributed by atoms with Crippen molar-refractivity contribution in [2.24, 2.45) is 0 Å². The van der Waals surface area contributed by atoms with Gasteiger partial charge in [0.1, 0.15) is 11.6 Å². The first-order valence-corrected chi connectivity index (χ1v) is 10.7. The molecular formula is C22H34N6O. The third-order valence-electron chi connectivity index (χ3n) is 5.86. The van der Waals surface area contributed by atoms with Crippen molar-refractivity contribution in [1.82, 2.24) is 24.3 Å². The van der Waals surface area contributed by atoms with Gasteiger partial charge in [-0.1, -0.05) is 6.92 Å². The van der Waals surface area contributed by atoms with E-state index < -0.39 is 0 Å². The Morgan fingerprint density at radius 3 is 2.66 bits per heavy atom. The maximum atomic E-state index is 13.0. The summed E-state index contributed by atoms with van der Waals surface area (Å²) in [5.74, 6) is 1.92. The van der Waals surface area contributed by atoms with E-state index in [1.165, 1.54) is 0 Å². The minimum absolute atomic E-state index is 0.0788. The third-order valence-corrected chi connectivity index (χ3v) is 5.86. The van der Waals surface area contributed by atoms with Crippen molar-refractivity contribution in [1.29, 1.82) is 0 Å². The van der Waals surface area contributed by atoms with Crippen LogP contribution in [-0.2, 0) is 13.1 Å². The van der Waals surface area contributed by atoms with Crippen LogP contribution in [0.1, 0.15) is 50.3 Å². The normalized spacial score (nSPS) is 17.7. The van der Waals surface area contributed by atoms with E-state index in [0.717, 1.165) is 44.2 Å². The van der Waals surface area contributed by atoms with Gasteiger partial charge in [0.25, 0.3) is 5.91 Å². The van der Waals surface area contributed by atoms with E-state index >= 15 is 0 Å². The Kier molecular flexibility index (Phi) is 6.90. The summed E-state index contributed by atoms with van der Waals surface area (Å²) in [7, 11) is 2.00. The van der Waals surface area contributed by atoms with E-state index in [1.807, 2.05) is 36.5 Å². The summed E-state index contributed by atoms with van der Waals surface area (Å²) in [4.78, 5) is 28.5. The first-order chi connectivity index (χ1) is 13.9. The molecule has 7 nitrogen and oxygen atoms in total. The van der Waals surface area contributed by atoms with Gasteiger partial charge in [-0.3, -0.25) is 9.69 Å². The number of imidazole rings is 1. The number of pyridine rings is 1. The fraction of sp³-hybridized carbons (Fsp3) is 0.591. The highest BCUT2D eigenvalue weighted by Gasteiger charge is 2.30. The van der Waals surface area contributed by atoms with E-state index in [0.29, 0.717) is 24.2 Å². The molecule has 7 heteroatoms. The maximum absolute atomic E-state index is 13.0. The zero-order valence-corrected chi connectivity index (χ0v) is 18.4. The molecule has 0 saturated carbocycles. The molecule has 1 atom stereocenters. The fourth-order valence-corrected chi connectivity index (χ4v) is 4.09. The number of aromatic nitrogens is 3. The van der Waals surface area contributed by atoms with Crippen molar-refractivity contribution >= 4 is 11.7 Å². The average molecular weight is 399 g/mol. The Morgan fingerprint density at radius 1 is 1.24 bits per heavy atom. The number of aryl methyl sites for hydroxylation is 1. The van der Waals surface area contributed by atoms with Crippen LogP contribution in [0.2, 0.25) is 0 Å². The zero-order chi connectivity index (χ0) is 21.0. The molecule has 2 aromatic rings. The van der Waals surface area contributed by atoms with Crippen molar-refractivity contribution in [3.8, 4) is 0 Å². The first-order valence-electron chi connectivity index (χ1n) is 10.7. The third kappa shape index (κ3) is 4.78. The minimum atomic E-state index is 0.0788. The molecule has 1 fully saturated rings. The molecule has 0 N–H and O–H groups in total. The SMILES string of the molecule is CCC1CN(C(=O)c2ccc(N(C)Cc3nccn3CC)nc2)CCN1C(C)C. The van der Waals surface area contributed by atoms with Crippen LogP contribution in [0.3, 0.4) is 0 Å². The molecule has 158 valence electrons. The van der Waals surface area contributed by atoms with Crippen LogP contribution >= 0.6 is 0 Å². The second-order valence-corrected chi connectivity index (χ2v) is 8.04. The lowest BCUT2D eigenvalue weighted by atomic mass is 10.1. The largest absolute Gasteiger partial charge is 0.352 e. The zero-order valence-electron chi connectivity index (χ0n) is 18.4. The molecule has 1 unspecified atom stereocenters. The number of rotatable bonds is 7. The van der Waals surface area contributed by atoms with E-state index in [9.17, 15) is 4.79 Å². The van der Waals surface area contributed by atoms with Gasteiger partial charge in [-0.05, 0) is 39.3 Å². The average Bonchev–Trinajstić information content (AvgIpc) is 3.19. The molecule has 1 saturated heterocycles. The Bertz CT molecular complexity index is 800. The number of carbonyl (C=O) groups excluding carboxylic acids is 1. The summed E-state index contributed by atoms with van der Waals surface area (Å²) in [6, 6.07) is 4.75. The monoisotopic (exact) mass is 398 g/mol. The molecule has 3 heterocycles. The molecule has 1 aliphatic heterocycles. The van der Waals surface area contributed by atoms with Gasteiger partial charge >= 0.3 is 0 Å².